The fourth-order valence-electron chi connectivity index (χ4n) is 1.17. The molecule has 0 aromatic rings. The lowest BCUT2D eigenvalue weighted by atomic mass is 10.1. The number of unbranched alkanes of at least 4 members (excludes halogenated alkanes) is 4. The summed E-state index contributed by atoms with van der Waals surface area (Å²) in [6.07, 6.45) is 10.3. The van der Waals surface area contributed by atoms with Crippen molar-refractivity contribution in [1.29, 1.82) is 0 Å². The Hall–Kier alpha value is -0.590. The first-order valence-electron chi connectivity index (χ1n) is 4.96. The van der Waals surface area contributed by atoms with Gasteiger partial charge in [-0.15, -0.1) is 0 Å². The third kappa shape index (κ3) is 7.52. The van der Waals surface area contributed by atoms with Crippen molar-refractivity contribution in [1.82, 2.24) is 0 Å². The molecule has 0 unspecified atom stereocenters. The molecular weight excluding hydrogens is 148 g/mol. The second-order valence-electron chi connectivity index (χ2n) is 3.13. The molecule has 0 radical (unpaired) electrons. The molecule has 0 aliphatic heterocycles. The molecule has 0 rings (SSSR count). The van der Waals surface area contributed by atoms with Crippen LogP contribution in [-0.2, 0) is 4.79 Å². The second kappa shape index (κ2) is 8.51. The van der Waals surface area contributed by atoms with Crippen molar-refractivity contribution in [3.63, 3.8) is 0 Å². The number of hydrogen-bond donors (Lipinski definition) is 0. The van der Waals surface area contributed by atoms with Gasteiger partial charge in [0.15, 0.2) is 5.78 Å². The minimum absolute atomic E-state index is 0.272. The molecule has 70 valence electrons. The molecule has 0 aromatic carbocycles. The van der Waals surface area contributed by atoms with Crippen LogP contribution in [0.2, 0.25) is 0 Å². The average Bonchev–Trinajstić information content (AvgIpc) is 2.05. The van der Waals surface area contributed by atoms with E-state index in [1.807, 2.05) is 13.0 Å². The summed E-state index contributed by atoms with van der Waals surface area (Å²) in [5.41, 5.74) is 0. The highest BCUT2D eigenvalue weighted by Gasteiger charge is 1.95. The molecule has 0 aliphatic rings. The highest BCUT2D eigenvalue weighted by atomic mass is 16.1. The Labute approximate surface area is 75.9 Å². The molecular formula is C11H20O. The maximum atomic E-state index is 11.0. The van der Waals surface area contributed by atoms with Crippen molar-refractivity contribution in [3.05, 3.63) is 12.2 Å². The van der Waals surface area contributed by atoms with E-state index in [2.05, 4.69) is 6.92 Å². The maximum Gasteiger partial charge on any atom is 0.155 e. The minimum atomic E-state index is 0.272. The SMILES string of the molecule is CC=CC(=O)CCCCCCC. The van der Waals surface area contributed by atoms with Crippen molar-refractivity contribution in [2.45, 2.75) is 52.4 Å². The highest BCUT2D eigenvalue weighted by Crippen LogP contribution is 2.05. The van der Waals surface area contributed by atoms with Crippen LogP contribution in [0.3, 0.4) is 0 Å². The van der Waals surface area contributed by atoms with Crippen molar-refractivity contribution in [2.24, 2.45) is 0 Å². The molecule has 0 atom stereocenters. The van der Waals surface area contributed by atoms with Gasteiger partial charge in [0, 0.05) is 6.42 Å². The van der Waals surface area contributed by atoms with Crippen LogP contribution in [0.4, 0.5) is 0 Å². The van der Waals surface area contributed by atoms with Gasteiger partial charge in [-0.25, -0.2) is 0 Å². The van der Waals surface area contributed by atoms with E-state index >= 15 is 0 Å². The summed E-state index contributed by atoms with van der Waals surface area (Å²) in [6, 6.07) is 0. The van der Waals surface area contributed by atoms with Crippen LogP contribution in [0.25, 0.3) is 0 Å². The van der Waals surface area contributed by atoms with Gasteiger partial charge >= 0.3 is 0 Å². The highest BCUT2D eigenvalue weighted by molar-refractivity contribution is 5.89. The molecule has 1 heteroatoms. The molecule has 0 saturated carbocycles. The van der Waals surface area contributed by atoms with E-state index in [0.717, 1.165) is 12.8 Å². The van der Waals surface area contributed by atoms with Crippen LogP contribution in [0.1, 0.15) is 52.4 Å². The fourth-order valence-corrected chi connectivity index (χ4v) is 1.17. The second-order valence-corrected chi connectivity index (χ2v) is 3.13. The maximum absolute atomic E-state index is 11.0. The zero-order valence-electron chi connectivity index (χ0n) is 8.31. The van der Waals surface area contributed by atoms with E-state index < -0.39 is 0 Å². The van der Waals surface area contributed by atoms with Crippen molar-refractivity contribution >= 4 is 5.78 Å². The molecule has 0 saturated heterocycles. The largest absolute Gasteiger partial charge is 0.295 e. The molecule has 0 N–H and O–H groups in total. The zero-order chi connectivity index (χ0) is 9.23. The Bertz CT molecular complexity index is 136. The van der Waals surface area contributed by atoms with Gasteiger partial charge < -0.3 is 0 Å². The standard InChI is InChI=1S/C11H20O/c1-3-5-6-7-8-10-11(12)9-4-2/h4,9H,3,5-8,10H2,1-2H3. The van der Waals surface area contributed by atoms with E-state index in [1.165, 1.54) is 25.7 Å². The van der Waals surface area contributed by atoms with Gasteiger partial charge in [0.25, 0.3) is 0 Å². The Kier molecular flexibility index (Phi) is 8.09. The van der Waals surface area contributed by atoms with Crippen LogP contribution in [0, 0.1) is 0 Å². The van der Waals surface area contributed by atoms with Crippen LogP contribution >= 0.6 is 0 Å². The first-order chi connectivity index (χ1) is 5.81. The Morgan fingerprint density at radius 1 is 1.17 bits per heavy atom. The van der Waals surface area contributed by atoms with Gasteiger partial charge in [-0.3, -0.25) is 4.79 Å². The summed E-state index contributed by atoms with van der Waals surface area (Å²) in [7, 11) is 0. The van der Waals surface area contributed by atoms with Crippen LogP contribution in [0.15, 0.2) is 12.2 Å². The monoisotopic (exact) mass is 168 g/mol. The number of carbonyl (C=O) groups excluding carboxylic acids is 1. The number of rotatable bonds is 7. The lowest BCUT2D eigenvalue weighted by Crippen LogP contribution is -1.91. The third-order valence-corrected chi connectivity index (χ3v) is 1.88. The van der Waals surface area contributed by atoms with Crippen molar-refractivity contribution in [2.75, 3.05) is 0 Å². The summed E-state index contributed by atoms with van der Waals surface area (Å²) in [5, 5.41) is 0. The van der Waals surface area contributed by atoms with Gasteiger partial charge in [-0.05, 0) is 19.4 Å². The number of ketones is 1. The lowest BCUT2D eigenvalue weighted by Gasteiger charge is -1.96. The number of allylic oxidation sites excluding steroid dienone is 2. The molecule has 0 fully saturated rings. The summed E-state index contributed by atoms with van der Waals surface area (Å²) in [6.45, 7) is 4.08. The summed E-state index contributed by atoms with van der Waals surface area (Å²) in [5.74, 6) is 0.272. The molecule has 0 amide bonds. The van der Waals surface area contributed by atoms with Gasteiger partial charge in [0.05, 0.1) is 0 Å². The molecule has 12 heavy (non-hydrogen) atoms. The fraction of sp³-hybridized carbons (Fsp3) is 0.727. The predicted molar refractivity (Wildman–Crippen MR) is 53.2 cm³/mol. The average molecular weight is 168 g/mol. The summed E-state index contributed by atoms with van der Waals surface area (Å²) in [4.78, 5) is 11.0. The molecule has 0 bridgehead atoms. The van der Waals surface area contributed by atoms with Crippen LogP contribution in [-0.4, -0.2) is 5.78 Å². The summed E-state index contributed by atoms with van der Waals surface area (Å²) >= 11 is 0. The quantitative estimate of drug-likeness (QED) is 0.420. The first kappa shape index (κ1) is 11.4. The van der Waals surface area contributed by atoms with E-state index in [0.29, 0.717) is 0 Å². The Balaban J connectivity index is 3.14. The normalized spacial score (nSPS) is 10.8. The molecule has 0 spiro atoms. The summed E-state index contributed by atoms with van der Waals surface area (Å²) < 4.78 is 0. The van der Waals surface area contributed by atoms with Crippen LogP contribution < -0.4 is 0 Å². The minimum Gasteiger partial charge on any atom is -0.295 e. The third-order valence-electron chi connectivity index (χ3n) is 1.88. The molecule has 0 heterocycles. The molecule has 0 aromatic heterocycles. The Morgan fingerprint density at radius 2 is 1.83 bits per heavy atom. The van der Waals surface area contributed by atoms with Gasteiger partial charge in [-0.2, -0.15) is 0 Å². The smallest absolute Gasteiger partial charge is 0.155 e. The molecule has 0 aliphatic carbocycles. The van der Waals surface area contributed by atoms with E-state index in [-0.39, 0.29) is 5.78 Å². The van der Waals surface area contributed by atoms with E-state index in [4.69, 9.17) is 0 Å². The molecule has 1 nitrogen and oxygen atoms in total. The Morgan fingerprint density at radius 3 is 2.42 bits per heavy atom. The topological polar surface area (TPSA) is 17.1 Å². The number of carbonyl (C=O) groups is 1. The number of hydrogen-bond acceptors (Lipinski definition) is 1. The van der Waals surface area contributed by atoms with Crippen molar-refractivity contribution in [3.8, 4) is 0 Å². The zero-order valence-corrected chi connectivity index (χ0v) is 8.31. The first-order valence-corrected chi connectivity index (χ1v) is 4.96. The lowest BCUT2D eigenvalue weighted by molar-refractivity contribution is -0.114. The van der Waals surface area contributed by atoms with Crippen molar-refractivity contribution < 1.29 is 4.79 Å². The van der Waals surface area contributed by atoms with E-state index in [1.54, 1.807) is 6.08 Å². The predicted octanol–water partition coefficient (Wildman–Crippen LogP) is 3.49. The van der Waals surface area contributed by atoms with E-state index in [9.17, 15) is 4.79 Å². The van der Waals surface area contributed by atoms with Crippen LogP contribution in [0.5, 0.6) is 0 Å². The van der Waals surface area contributed by atoms with Gasteiger partial charge in [-0.1, -0.05) is 38.7 Å². The van der Waals surface area contributed by atoms with Gasteiger partial charge in [0.1, 0.15) is 0 Å². The van der Waals surface area contributed by atoms with Gasteiger partial charge in [0.2, 0.25) is 0 Å².